The number of halogens is 1. The molecular weight excluding hydrogens is 504 g/mol. The second-order valence-corrected chi connectivity index (χ2v) is 8.69. The SMILES string of the molecule is COc1ccc(/C=C2/NC(=S)N(c3ccccc3OC)C2=O)cc1Cn1nc(C)c(Br)c1C. The van der Waals surface area contributed by atoms with Crippen LogP contribution in [0.25, 0.3) is 6.08 Å². The smallest absolute Gasteiger partial charge is 0.281 e. The molecule has 1 aliphatic heterocycles. The molecule has 0 aliphatic carbocycles. The van der Waals surface area contributed by atoms with Crippen molar-refractivity contribution in [1.82, 2.24) is 15.1 Å². The van der Waals surface area contributed by atoms with Crippen LogP contribution in [0.2, 0.25) is 0 Å². The van der Waals surface area contributed by atoms with E-state index in [1.54, 1.807) is 32.4 Å². The molecule has 9 heteroatoms. The molecular formula is C24H23BrN4O3S. The molecule has 3 aromatic rings. The summed E-state index contributed by atoms with van der Waals surface area (Å²) in [6, 6.07) is 13.0. The Kier molecular flexibility index (Phi) is 6.53. The fourth-order valence-corrected chi connectivity index (χ4v) is 4.31. The minimum Gasteiger partial charge on any atom is -0.496 e. The van der Waals surface area contributed by atoms with Gasteiger partial charge in [-0.05, 0) is 77.9 Å². The first-order valence-corrected chi connectivity index (χ1v) is 11.4. The van der Waals surface area contributed by atoms with E-state index in [1.807, 2.05) is 48.9 Å². The molecule has 33 heavy (non-hydrogen) atoms. The topological polar surface area (TPSA) is 68.6 Å². The van der Waals surface area contributed by atoms with Gasteiger partial charge in [0.05, 0.1) is 42.3 Å². The van der Waals surface area contributed by atoms with Crippen LogP contribution in [0.3, 0.4) is 0 Å². The number of aryl methyl sites for hydroxylation is 1. The number of para-hydroxylation sites is 2. The van der Waals surface area contributed by atoms with Gasteiger partial charge in [-0.2, -0.15) is 5.10 Å². The number of amides is 1. The molecule has 1 fully saturated rings. The summed E-state index contributed by atoms with van der Waals surface area (Å²) >= 11 is 9.02. The van der Waals surface area contributed by atoms with Crippen molar-refractivity contribution in [3.63, 3.8) is 0 Å². The molecule has 1 amide bonds. The van der Waals surface area contributed by atoms with E-state index in [2.05, 4.69) is 26.3 Å². The zero-order chi connectivity index (χ0) is 23.7. The summed E-state index contributed by atoms with van der Waals surface area (Å²) in [5.74, 6) is 1.07. The second kappa shape index (κ2) is 9.36. The van der Waals surface area contributed by atoms with Gasteiger partial charge in [-0.15, -0.1) is 0 Å². The van der Waals surface area contributed by atoms with Gasteiger partial charge in [-0.3, -0.25) is 9.48 Å². The Hall–Kier alpha value is -3.17. The van der Waals surface area contributed by atoms with Crippen molar-refractivity contribution in [1.29, 1.82) is 0 Å². The van der Waals surface area contributed by atoms with Gasteiger partial charge in [0.15, 0.2) is 5.11 Å². The second-order valence-electron chi connectivity index (χ2n) is 7.51. The molecule has 0 radical (unpaired) electrons. The normalized spacial score (nSPS) is 14.7. The first-order valence-electron chi connectivity index (χ1n) is 10.2. The molecule has 0 saturated carbocycles. The van der Waals surface area contributed by atoms with E-state index in [-0.39, 0.29) is 5.91 Å². The van der Waals surface area contributed by atoms with Crippen molar-refractivity contribution in [2.24, 2.45) is 0 Å². The lowest BCUT2D eigenvalue weighted by Crippen LogP contribution is -2.30. The third-order valence-electron chi connectivity index (χ3n) is 5.43. The van der Waals surface area contributed by atoms with Gasteiger partial charge in [0.1, 0.15) is 17.2 Å². The number of nitrogens with zero attached hydrogens (tertiary/aromatic N) is 3. The van der Waals surface area contributed by atoms with E-state index in [0.29, 0.717) is 28.8 Å². The highest BCUT2D eigenvalue weighted by Crippen LogP contribution is 2.32. The van der Waals surface area contributed by atoms with E-state index in [9.17, 15) is 4.79 Å². The summed E-state index contributed by atoms with van der Waals surface area (Å²) in [4.78, 5) is 14.6. The molecule has 1 saturated heterocycles. The van der Waals surface area contributed by atoms with Gasteiger partial charge in [-0.1, -0.05) is 18.2 Å². The number of aromatic nitrogens is 2. The largest absolute Gasteiger partial charge is 0.496 e. The predicted octanol–water partition coefficient (Wildman–Crippen LogP) is 4.59. The number of benzene rings is 2. The zero-order valence-corrected chi connectivity index (χ0v) is 21.1. The monoisotopic (exact) mass is 526 g/mol. The summed E-state index contributed by atoms with van der Waals surface area (Å²) in [6.45, 7) is 4.50. The van der Waals surface area contributed by atoms with Crippen LogP contribution in [0, 0.1) is 13.8 Å². The Morgan fingerprint density at radius 1 is 1.12 bits per heavy atom. The first-order chi connectivity index (χ1) is 15.8. The van der Waals surface area contributed by atoms with E-state index >= 15 is 0 Å². The summed E-state index contributed by atoms with van der Waals surface area (Å²) in [5, 5.41) is 7.92. The summed E-state index contributed by atoms with van der Waals surface area (Å²) in [6.07, 6.45) is 1.78. The highest BCUT2D eigenvalue weighted by atomic mass is 79.9. The van der Waals surface area contributed by atoms with Crippen molar-refractivity contribution in [2.75, 3.05) is 19.1 Å². The maximum absolute atomic E-state index is 13.2. The quantitative estimate of drug-likeness (QED) is 0.374. The van der Waals surface area contributed by atoms with Crippen LogP contribution in [0.1, 0.15) is 22.5 Å². The fraction of sp³-hybridized carbons (Fsp3) is 0.208. The molecule has 4 rings (SSSR count). The van der Waals surface area contributed by atoms with Gasteiger partial charge in [-0.25, -0.2) is 4.90 Å². The Balaban J connectivity index is 1.66. The Bertz CT molecular complexity index is 1280. The van der Waals surface area contributed by atoms with Crippen LogP contribution in [-0.2, 0) is 11.3 Å². The predicted molar refractivity (Wildman–Crippen MR) is 136 cm³/mol. The molecule has 1 aliphatic rings. The lowest BCUT2D eigenvalue weighted by atomic mass is 10.1. The lowest BCUT2D eigenvalue weighted by molar-refractivity contribution is -0.113. The average molecular weight is 527 g/mol. The van der Waals surface area contributed by atoms with Crippen LogP contribution in [0.5, 0.6) is 11.5 Å². The van der Waals surface area contributed by atoms with E-state index in [0.717, 1.165) is 32.7 Å². The molecule has 0 spiro atoms. The third-order valence-corrected chi connectivity index (χ3v) is 6.87. The Morgan fingerprint density at radius 3 is 2.52 bits per heavy atom. The molecule has 7 nitrogen and oxygen atoms in total. The van der Waals surface area contributed by atoms with Gasteiger partial charge >= 0.3 is 0 Å². The average Bonchev–Trinajstić information content (AvgIpc) is 3.22. The molecule has 1 N–H and O–H groups in total. The molecule has 1 aromatic heterocycles. The number of hydrogen-bond donors (Lipinski definition) is 1. The van der Waals surface area contributed by atoms with Crippen LogP contribution >= 0.6 is 28.1 Å². The Labute approximate surface area is 206 Å². The van der Waals surface area contributed by atoms with Crippen molar-refractivity contribution >= 4 is 50.9 Å². The van der Waals surface area contributed by atoms with Crippen molar-refractivity contribution < 1.29 is 14.3 Å². The number of thiocarbonyl (C=S) groups is 1. The van der Waals surface area contributed by atoms with Crippen molar-refractivity contribution in [3.05, 3.63) is 75.1 Å². The lowest BCUT2D eigenvalue weighted by Gasteiger charge is -2.17. The zero-order valence-electron chi connectivity index (χ0n) is 18.7. The number of carbonyl (C=O) groups excluding carboxylic acids is 1. The molecule has 0 unspecified atom stereocenters. The summed E-state index contributed by atoms with van der Waals surface area (Å²) < 4.78 is 13.9. The number of carbonyl (C=O) groups is 1. The van der Waals surface area contributed by atoms with Crippen molar-refractivity contribution in [2.45, 2.75) is 20.4 Å². The van der Waals surface area contributed by atoms with E-state index < -0.39 is 0 Å². The molecule has 0 atom stereocenters. The van der Waals surface area contributed by atoms with E-state index in [4.69, 9.17) is 21.7 Å². The maximum atomic E-state index is 13.2. The van der Waals surface area contributed by atoms with Crippen molar-refractivity contribution in [3.8, 4) is 11.5 Å². The van der Waals surface area contributed by atoms with Gasteiger partial charge in [0, 0.05) is 5.56 Å². The highest BCUT2D eigenvalue weighted by Gasteiger charge is 2.33. The van der Waals surface area contributed by atoms with Crippen LogP contribution in [0.15, 0.2) is 52.6 Å². The van der Waals surface area contributed by atoms with Crippen LogP contribution < -0.4 is 19.7 Å². The molecule has 2 heterocycles. The highest BCUT2D eigenvalue weighted by molar-refractivity contribution is 9.10. The van der Waals surface area contributed by atoms with Crippen LogP contribution in [-0.4, -0.2) is 35.0 Å². The number of ether oxygens (including phenoxy) is 2. The number of rotatable bonds is 6. The van der Waals surface area contributed by atoms with Gasteiger partial charge < -0.3 is 14.8 Å². The summed E-state index contributed by atoms with van der Waals surface area (Å²) in [5.41, 5.74) is 4.72. The molecule has 170 valence electrons. The van der Waals surface area contributed by atoms with Gasteiger partial charge in [0.25, 0.3) is 5.91 Å². The minimum absolute atomic E-state index is 0.246. The fourth-order valence-electron chi connectivity index (χ4n) is 3.74. The minimum atomic E-state index is -0.246. The Morgan fingerprint density at radius 2 is 1.85 bits per heavy atom. The summed E-state index contributed by atoms with van der Waals surface area (Å²) in [7, 11) is 3.20. The first kappa shape index (κ1) is 23.0. The third kappa shape index (κ3) is 4.38. The molecule has 0 bridgehead atoms. The standard InChI is InChI=1S/C24H23BrN4O3S/c1-14-22(25)15(2)28(27-14)13-17-11-16(9-10-20(17)31-3)12-18-23(30)29(24(33)26-18)19-7-5-6-8-21(19)32-4/h5-12H,13H2,1-4H3,(H,26,33)/b18-12+. The number of hydrogen-bond acceptors (Lipinski definition) is 5. The van der Waals surface area contributed by atoms with Gasteiger partial charge in [0.2, 0.25) is 0 Å². The molecule has 2 aromatic carbocycles. The van der Waals surface area contributed by atoms with E-state index in [1.165, 1.54) is 4.90 Å². The van der Waals surface area contributed by atoms with Crippen LogP contribution in [0.4, 0.5) is 5.69 Å². The number of methoxy groups -OCH3 is 2. The number of anilines is 1. The maximum Gasteiger partial charge on any atom is 0.281 e. The number of nitrogens with one attached hydrogen (secondary N) is 1.